The zero-order valence-electron chi connectivity index (χ0n) is 45.3. The minimum atomic E-state index is -1.78. The Kier molecular flexibility index (Phi) is 40.8. The molecule has 2 rings (SSSR count). The Bertz CT molecular complexity index is 1560. The van der Waals surface area contributed by atoms with Gasteiger partial charge in [0, 0.05) is 12.8 Å². The summed E-state index contributed by atoms with van der Waals surface area (Å²) in [6.07, 6.45) is 37.8. The third-order valence-corrected chi connectivity index (χ3v) is 13.2. The molecule has 0 radical (unpaired) electrons. The Morgan fingerprint density at radius 3 is 1.34 bits per heavy atom. The summed E-state index contributed by atoms with van der Waals surface area (Å²) in [4.78, 5) is 25.8. The van der Waals surface area contributed by atoms with Gasteiger partial charge in [-0.1, -0.05) is 170 Å². The number of carbonyl (C=O) groups excluding carboxylic acids is 2. The Hall–Kier alpha value is -3.06. The molecule has 15 nitrogen and oxygen atoms in total. The van der Waals surface area contributed by atoms with E-state index in [2.05, 4.69) is 74.6 Å². The summed E-state index contributed by atoms with van der Waals surface area (Å²) in [7, 11) is 0. The fourth-order valence-corrected chi connectivity index (χ4v) is 8.47. The molecule has 2 heterocycles. The van der Waals surface area contributed by atoms with E-state index >= 15 is 0 Å². The zero-order valence-corrected chi connectivity index (χ0v) is 45.3. The highest BCUT2D eigenvalue weighted by molar-refractivity contribution is 5.70. The summed E-state index contributed by atoms with van der Waals surface area (Å²) >= 11 is 0. The first-order valence-electron chi connectivity index (χ1n) is 28.5. The van der Waals surface area contributed by atoms with Crippen LogP contribution in [0.4, 0.5) is 0 Å². The first kappa shape index (κ1) is 67.1. The normalized spacial score (nSPS) is 25.2. The molecule has 0 aromatic heterocycles. The molecule has 0 amide bonds. The van der Waals surface area contributed by atoms with Crippen molar-refractivity contribution in [2.45, 2.75) is 261 Å². The number of hydrogen-bond acceptors (Lipinski definition) is 15. The van der Waals surface area contributed by atoms with Crippen LogP contribution < -0.4 is 0 Å². The first-order valence-corrected chi connectivity index (χ1v) is 28.5. The Morgan fingerprint density at radius 2 is 0.824 bits per heavy atom. The second kappa shape index (κ2) is 45.0. The zero-order chi connectivity index (χ0) is 53.9. The highest BCUT2D eigenvalue weighted by Crippen LogP contribution is 2.26. The van der Waals surface area contributed by atoms with Gasteiger partial charge in [-0.15, -0.1) is 0 Å². The van der Waals surface area contributed by atoms with Crippen LogP contribution in [-0.2, 0) is 38.0 Å². The molecule has 2 fully saturated rings. The van der Waals surface area contributed by atoms with Crippen molar-refractivity contribution in [3.05, 3.63) is 72.9 Å². The number of aliphatic hydroxyl groups excluding tert-OH is 7. The predicted molar refractivity (Wildman–Crippen MR) is 289 cm³/mol. The predicted octanol–water partition coefficient (Wildman–Crippen LogP) is 9.38. The summed E-state index contributed by atoms with van der Waals surface area (Å²) in [6, 6.07) is 0. The number of unbranched alkanes of at least 4 members (excludes halogenated alkanes) is 18. The molecule has 0 aromatic rings. The number of allylic oxidation sites excluding steroid dienone is 12. The molecule has 0 bridgehead atoms. The van der Waals surface area contributed by atoms with Gasteiger partial charge in [0.25, 0.3) is 0 Å². The summed E-state index contributed by atoms with van der Waals surface area (Å²) in [5.74, 6) is -1.00. The van der Waals surface area contributed by atoms with Crippen molar-refractivity contribution in [2.75, 3.05) is 26.4 Å². The van der Waals surface area contributed by atoms with E-state index < -0.39 is 99.3 Å². The Balaban J connectivity index is 1.80. The van der Waals surface area contributed by atoms with Gasteiger partial charge in [-0.3, -0.25) is 9.59 Å². The van der Waals surface area contributed by atoms with Crippen molar-refractivity contribution in [3.63, 3.8) is 0 Å². The lowest BCUT2D eigenvalue weighted by Gasteiger charge is -2.42. The Morgan fingerprint density at radius 1 is 0.432 bits per heavy atom. The molecule has 74 heavy (non-hydrogen) atoms. The standard InChI is InChI=1S/C59H100O15/c1-3-5-7-9-11-13-15-17-19-21-22-23-24-26-28-30-32-34-36-38-40-42-51(62)72-47(44-69-50(61)41-39-37-35-33-31-29-27-25-20-18-16-14-12-10-8-6-4-2)45-70-58-57(68)55(66)53(64)49(74-58)46-71-59-56(67)54(65)52(63)48(43-60)73-59/h12,14,18-21,23-24,28,30,34,36,47-49,52-60,63-68H,3-11,13,15-17,22,25-27,29,31-33,35,37-46H2,1-2H3/b14-12+,20-18+,21-19+,24-23+,30-28+,36-34+/t47-,48+,49+,52-,53-,54?,55?,56?,57?,58+,59+/m1/s1. The molecule has 2 saturated heterocycles. The number of carbonyl (C=O) groups is 2. The number of rotatable bonds is 44. The topological polar surface area (TPSA) is 231 Å². The molecule has 11 atom stereocenters. The number of aliphatic hydroxyl groups is 7. The van der Waals surface area contributed by atoms with E-state index in [0.717, 1.165) is 64.2 Å². The maximum absolute atomic E-state index is 13.0. The van der Waals surface area contributed by atoms with Crippen LogP contribution in [0.3, 0.4) is 0 Å². The van der Waals surface area contributed by atoms with Gasteiger partial charge in [-0.2, -0.15) is 0 Å². The average Bonchev–Trinajstić information content (AvgIpc) is 3.39. The molecule has 0 spiro atoms. The van der Waals surface area contributed by atoms with Gasteiger partial charge >= 0.3 is 11.9 Å². The van der Waals surface area contributed by atoms with Crippen LogP contribution in [0.15, 0.2) is 72.9 Å². The Labute approximate surface area is 444 Å². The molecule has 426 valence electrons. The van der Waals surface area contributed by atoms with Gasteiger partial charge in [0.15, 0.2) is 18.7 Å². The van der Waals surface area contributed by atoms with Gasteiger partial charge in [0.1, 0.15) is 55.4 Å². The molecular weight excluding hydrogens is 949 g/mol. The third kappa shape index (κ3) is 31.9. The number of hydrogen-bond donors (Lipinski definition) is 7. The SMILES string of the molecule is CCCCC/C=C/C/C=C/CCCCCCCCCC(=O)OC[C@H](CO[C@H]1O[C@@H](CO[C@H]2O[C@@H](CO)[C@@H](O)C(O)C2O)[C@@H](O)C(O)C1O)OC(=O)CCC/C=C/C/C=C/C/C=C/C/C=C/CCCCCCCCC. The fraction of sp³-hybridized carbons (Fsp3) is 0.763. The second-order valence-corrected chi connectivity index (χ2v) is 19.8. The first-order chi connectivity index (χ1) is 36.0. The van der Waals surface area contributed by atoms with Crippen LogP contribution in [-0.4, -0.2) is 142 Å². The molecule has 15 heteroatoms. The summed E-state index contributed by atoms with van der Waals surface area (Å²) in [5, 5.41) is 72.2. The molecule has 2 aliphatic rings. The number of ether oxygens (including phenoxy) is 6. The van der Waals surface area contributed by atoms with Crippen molar-refractivity contribution >= 4 is 11.9 Å². The maximum atomic E-state index is 13.0. The van der Waals surface area contributed by atoms with E-state index in [9.17, 15) is 45.3 Å². The number of esters is 2. The van der Waals surface area contributed by atoms with E-state index in [1.165, 1.54) is 83.5 Å². The molecule has 2 aliphatic heterocycles. The summed E-state index contributed by atoms with van der Waals surface area (Å²) in [5.41, 5.74) is 0. The van der Waals surface area contributed by atoms with E-state index in [4.69, 9.17) is 28.4 Å². The quantitative estimate of drug-likeness (QED) is 0.0171. The van der Waals surface area contributed by atoms with Gasteiger partial charge in [-0.05, 0) is 83.5 Å². The molecule has 4 unspecified atom stereocenters. The largest absolute Gasteiger partial charge is 0.462 e. The lowest BCUT2D eigenvalue weighted by atomic mass is 9.98. The molecule has 0 saturated carbocycles. The van der Waals surface area contributed by atoms with Crippen molar-refractivity contribution in [2.24, 2.45) is 0 Å². The van der Waals surface area contributed by atoms with Gasteiger partial charge in [0.05, 0.1) is 19.8 Å². The van der Waals surface area contributed by atoms with Gasteiger partial charge < -0.3 is 64.2 Å². The van der Waals surface area contributed by atoms with Crippen LogP contribution >= 0.6 is 0 Å². The van der Waals surface area contributed by atoms with Gasteiger partial charge in [0.2, 0.25) is 0 Å². The van der Waals surface area contributed by atoms with Crippen molar-refractivity contribution < 1.29 is 73.8 Å². The van der Waals surface area contributed by atoms with Crippen LogP contribution in [0.25, 0.3) is 0 Å². The average molecular weight is 1050 g/mol. The van der Waals surface area contributed by atoms with Crippen LogP contribution in [0.1, 0.15) is 194 Å². The van der Waals surface area contributed by atoms with Crippen molar-refractivity contribution in [1.82, 2.24) is 0 Å². The molecular formula is C59H100O15. The molecule has 0 aliphatic carbocycles. The molecule has 0 aromatic carbocycles. The third-order valence-electron chi connectivity index (χ3n) is 13.2. The van der Waals surface area contributed by atoms with Crippen LogP contribution in [0.2, 0.25) is 0 Å². The molecule has 7 N–H and O–H groups in total. The lowest BCUT2D eigenvalue weighted by molar-refractivity contribution is -0.332. The monoisotopic (exact) mass is 1050 g/mol. The van der Waals surface area contributed by atoms with Crippen molar-refractivity contribution in [3.8, 4) is 0 Å². The van der Waals surface area contributed by atoms with Crippen LogP contribution in [0, 0.1) is 0 Å². The summed E-state index contributed by atoms with van der Waals surface area (Å²) in [6.45, 7) is 2.50. The summed E-state index contributed by atoms with van der Waals surface area (Å²) < 4.78 is 33.6. The van der Waals surface area contributed by atoms with E-state index in [-0.39, 0.29) is 19.4 Å². The second-order valence-electron chi connectivity index (χ2n) is 19.8. The van der Waals surface area contributed by atoms with E-state index in [1.54, 1.807) is 0 Å². The van der Waals surface area contributed by atoms with Gasteiger partial charge in [-0.25, -0.2) is 0 Å². The van der Waals surface area contributed by atoms with E-state index in [1.807, 2.05) is 12.2 Å². The smallest absolute Gasteiger partial charge is 0.306 e. The maximum Gasteiger partial charge on any atom is 0.306 e. The van der Waals surface area contributed by atoms with Crippen LogP contribution in [0.5, 0.6) is 0 Å². The van der Waals surface area contributed by atoms with E-state index in [0.29, 0.717) is 19.3 Å². The highest BCUT2D eigenvalue weighted by Gasteiger charge is 2.47. The fourth-order valence-electron chi connectivity index (χ4n) is 8.47. The van der Waals surface area contributed by atoms with Crippen molar-refractivity contribution in [1.29, 1.82) is 0 Å². The minimum absolute atomic E-state index is 0.0846. The minimum Gasteiger partial charge on any atom is -0.462 e. The lowest BCUT2D eigenvalue weighted by Crippen LogP contribution is -2.61. The highest BCUT2D eigenvalue weighted by atomic mass is 16.7.